The minimum absolute atomic E-state index is 0.333. The van der Waals surface area contributed by atoms with Crippen molar-refractivity contribution >= 4 is 38.4 Å². The largest absolute Gasteiger partial charge is 0.372 e. The number of halogens is 1. The van der Waals surface area contributed by atoms with Crippen molar-refractivity contribution in [2.24, 2.45) is 7.05 Å². The van der Waals surface area contributed by atoms with Crippen molar-refractivity contribution in [3.05, 3.63) is 63.8 Å². The Morgan fingerprint density at radius 1 is 1.12 bits per heavy atom. The Hall–Kier alpha value is -2.11. The Bertz CT molecular complexity index is 1010. The molecule has 1 aromatic heterocycles. The number of carbonyl (C=O) groups excluding carboxylic acids is 1. The maximum absolute atomic E-state index is 13.0. The smallest absolute Gasteiger partial charge is 0.268 e. The average Bonchev–Trinajstić information content (AvgIpc) is 2.98. The lowest BCUT2D eigenvalue weighted by molar-refractivity contribution is -0.131. The first-order valence-electron chi connectivity index (χ1n) is 7.71. The van der Waals surface area contributed by atoms with Crippen LogP contribution in [0.1, 0.15) is 16.7 Å². The van der Waals surface area contributed by atoms with Crippen molar-refractivity contribution in [1.29, 1.82) is 0 Å². The SMILES string of the molecule is Cc1cc(Br)c2c(c1)[C@](O)(c1cn(C)c3ccccc13)C(=O)N2C. The van der Waals surface area contributed by atoms with Gasteiger partial charge in [-0.1, -0.05) is 24.3 Å². The minimum atomic E-state index is -1.68. The molecule has 0 radical (unpaired) electrons. The number of hydrogen-bond donors (Lipinski definition) is 1. The molecule has 0 bridgehead atoms. The van der Waals surface area contributed by atoms with Crippen LogP contribution in [0.3, 0.4) is 0 Å². The van der Waals surface area contributed by atoms with Crippen LogP contribution in [0.25, 0.3) is 10.9 Å². The van der Waals surface area contributed by atoms with Crippen molar-refractivity contribution in [3.63, 3.8) is 0 Å². The van der Waals surface area contributed by atoms with Gasteiger partial charge in [-0.15, -0.1) is 0 Å². The van der Waals surface area contributed by atoms with E-state index >= 15 is 0 Å². The maximum Gasteiger partial charge on any atom is 0.268 e. The van der Waals surface area contributed by atoms with Gasteiger partial charge in [0.1, 0.15) is 0 Å². The van der Waals surface area contributed by atoms with Gasteiger partial charge in [-0.05, 0) is 40.5 Å². The molecule has 0 fully saturated rings. The quantitative estimate of drug-likeness (QED) is 0.698. The number of aliphatic hydroxyl groups is 1. The van der Waals surface area contributed by atoms with Gasteiger partial charge in [-0.25, -0.2) is 0 Å². The lowest BCUT2D eigenvalue weighted by Crippen LogP contribution is -2.39. The van der Waals surface area contributed by atoms with Gasteiger partial charge in [-0.2, -0.15) is 0 Å². The predicted octanol–water partition coefficient (Wildman–Crippen LogP) is 3.46. The molecule has 4 nitrogen and oxygen atoms in total. The van der Waals surface area contributed by atoms with Gasteiger partial charge >= 0.3 is 0 Å². The number of fused-ring (bicyclic) bond motifs is 2. The lowest BCUT2D eigenvalue weighted by atomic mass is 9.86. The molecule has 2 heterocycles. The highest BCUT2D eigenvalue weighted by atomic mass is 79.9. The Balaban J connectivity index is 2.10. The molecule has 1 N–H and O–H groups in total. The Labute approximate surface area is 148 Å². The minimum Gasteiger partial charge on any atom is -0.372 e. The molecule has 3 aromatic rings. The van der Waals surface area contributed by atoms with E-state index in [2.05, 4.69) is 15.9 Å². The van der Waals surface area contributed by atoms with Crippen LogP contribution < -0.4 is 4.90 Å². The Morgan fingerprint density at radius 2 is 1.83 bits per heavy atom. The third kappa shape index (κ3) is 1.79. The first kappa shape index (κ1) is 15.4. The molecule has 0 aliphatic carbocycles. The van der Waals surface area contributed by atoms with Crippen molar-refractivity contribution in [2.45, 2.75) is 12.5 Å². The van der Waals surface area contributed by atoms with E-state index in [1.165, 1.54) is 4.90 Å². The number of anilines is 1. The van der Waals surface area contributed by atoms with E-state index in [0.717, 1.165) is 26.6 Å². The standard InChI is InChI=1S/C19H17BrN2O2/c1-11-8-13-17(15(20)9-11)22(3)18(23)19(13,24)14-10-21(2)16-7-5-4-6-12(14)16/h4-10,24H,1-3H3/t19-/m0/s1. The van der Waals surface area contributed by atoms with E-state index in [9.17, 15) is 9.90 Å². The normalized spacial score (nSPS) is 20.0. The van der Waals surface area contributed by atoms with Crippen molar-refractivity contribution in [3.8, 4) is 0 Å². The number of amides is 1. The van der Waals surface area contributed by atoms with Gasteiger partial charge in [0.25, 0.3) is 5.91 Å². The van der Waals surface area contributed by atoms with Gasteiger partial charge in [-0.3, -0.25) is 4.79 Å². The number of rotatable bonds is 1. The summed E-state index contributed by atoms with van der Waals surface area (Å²) in [5.74, 6) is -0.333. The van der Waals surface area contributed by atoms with E-state index in [1.54, 1.807) is 7.05 Å². The molecular weight excluding hydrogens is 368 g/mol. The second-order valence-electron chi connectivity index (χ2n) is 6.39. The molecule has 0 saturated carbocycles. The molecule has 2 aromatic carbocycles. The van der Waals surface area contributed by atoms with E-state index in [1.807, 2.05) is 61.1 Å². The second kappa shape index (κ2) is 4.94. The Kier molecular flexibility index (Phi) is 3.18. The summed E-state index contributed by atoms with van der Waals surface area (Å²) in [5.41, 5.74) is 2.26. The summed E-state index contributed by atoms with van der Waals surface area (Å²) in [4.78, 5) is 14.6. The highest BCUT2D eigenvalue weighted by Crippen LogP contribution is 2.49. The number of para-hydroxylation sites is 1. The van der Waals surface area contributed by atoms with Crippen LogP contribution in [0.15, 0.2) is 47.1 Å². The van der Waals surface area contributed by atoms with Crippen LogP contribution >= 0.6 is 15.9 Å². The number of hydrogen-bond acceptors (Lipinski definition) is 2. The van der Waals surface area contributed by atoms with Gasteiger partial charge in [0.05, 0.1) is 5.69 Å². The summed E-state index contributed by atoms with van der Waals surface area (Å²) in [6, 6.07) is 11.6. The maximum atomic E-state index is 13.0. The lowest BCUT2D eigenvalue weighted by Gasteiger charge is -2.21. The number of nitrogens with zero attached hydrogens (tertiary/aromatic N) is 2. The molecule has 122 valence electrons. The molecule has 4 rings (SSSR count). The highest BCUT2D eigenvalue weighted by Gasteiger charge is 2.52. The van der Waals surface area contributed by atoms with E-state index in [0.29, 0.717) is 11.1 Å². The van der Waals surface area contributed by atoms with Crippen molar-refractivity contribution < 1.29 is 9.90 Å². The van der Waals surface area contributed by atoms with Crippen LogP contribution in [0.4, 0.5) is 5.69 Å². The van der Waals surface area contributed by atoms with Crippen LogP contribution in [-0.2, 0) is 17.4 Å². The number of aromatic nitrogens is 1. The molecular formula is C19H17BrN2O2. The summed E-state index contributed by atoms with van der Waals surface area (Å²) in [6.07, 6.45) is 1.85. The second-order valence-corrected chi connectivity index (χ2v) is 7.24. The third-order valence-electron chi connectivity index (χ3n) is 4.83. The fourth-order valence-corrected chi connectivity index (χ4v) is 4.54. The number of carbonyl (C=O) groups is 1. The van der Waals surface area contributed by atoms with Gasteiger partial charge in [0.2, 0.25) is 0 Å². The predicted molar refractivity (Wildman–Crippen MR) is 98.2 cm³/mol. The number of aryl methyl sites for hydroxylation is 2. The summed E-state index contributed by atoms with van der Waals surface area (Å²) in [6.45, 7) is 1.96. The molecule has 5 heteroatoms. The van der Waals surface area contributed by atoms with Crippen molar-refractivity contribution in [2.75, 3.05) is 11.9 Å². The monoisotopic (exact) mass is 384 g/mol. The van der Waals surface area contributed by atoms with Crippen LogP contribution in [0, 0.1) is 6.92 Å². The zero-order valence-electron chi connectivity index (χ0n) is 13.7. The number of likely N-dealkylation sites (N-methyl/N-ethyl adjacent to an activating group) is 1. The van der Waals surface area contributed by atoms with Crippen LogP contribution in [-0.4, -0.2) is 22.6 Å². The molecule has 1 aliphatic heterocycles. The van der Waals surface area contributed by atoms with E-state index in [4.69, 9.17) is 0 Å². The fraction of sp³-hybridized carbons (Fsp3) is 0.211. The zero-order chi connectivity index (χ0) is 17.2. The molecule has 1 aliphatic rings. The summed E-state index contributed by atoms with van der Waals surface area (Å²) >= 11 is 3.53. The van der Waals surface area contributed by atoms with Crippen LogP contribution in [0.2, 0.25) is 0 Å². The molecule has 1 amide bonds. The van der Waals surface area contributed by atoms with Crippen molar-refractivity contribution in [1.82, 2.24) is 4.57 Å². The molecule has 0 spiro atoms. The van der Waals surface area contributed by atoms with Gasteiger partial charge < -0.3 is 14.6 Å². The van der Waals surface area contributed by atoms with Crippen LogP contribution in [0.5, 0.6) is 0 Å². The van der Waals surface area contributed by atoms with Gasteiger partial charge in [0, 0.05) is 46.8 Å². The topological polar surface area (TPSA) is 45.5 Å². The first-order chi connectivity index (χ1) is 11.4. The van der Waals surface area contributed by atoms with Gasteiger partial charge in [0.15, 0.2) is 5.60 Å². The highest BCUT2D eigenvalue weighted by molar-refractivity contribution is 9.10. The fourth-order valence-electron chi connectivity index (χ4n) is 3.70. The first-order valence-corrected chi connectivity index (χ1v) is 8.50. The number of benzene rings is 2. The summed E-state index contributed by atoms with van der Waals surface area (Å²) in [5, 5.41) is 12.5. The summed E-state index contributed by atoms with van der Waals surface area (Å²) < 4.78 is 2.75. The average molecular weight is 385 g/mol. The third-order valence-corrected chi connectivity index (χ3v) is 5.44. The van der Waals surface area contributed by atoms with E-state index in [-0.39, 0.29) is 5.91 Å². The molecule has 1 atom stereocenters. The summed E-state index contributed by atoms with van der Waals surface area (Å²) in [7, 11) is 3.62. The van der Waals surface area contributed by atoms with E-state index < -0.39 is 5.60 Å². The Morgan fingerprint density at radius 3 is 2.58 bits per heavy atom. The molecule has 0 unspecified atom stereocenters. The molecule has 0 saturated heterocycles. The zero-order valence-corrected chi connectivity index (χ0v) is 15.3. The molecule has 24 heavy (non-hydrogen) atoms.